The average Bonchev–Trinajstić information content (AvgIpc) is 3.19. The smallest absolute Gasteiger partial charge is 0.349 e. The van der Waals surface area contributed by atoms with Crippen molar-refractivity contribution >= 4 is 5.91 Å². The van der Waals surface area contributed by atoms with Crippen LogP contribution in [0, 0.1) is 11.3 Å². The van der Waals surface area contributed by atoms with Crippen LogP contribution in [0.3, 0.4) is 0 Å². The van der Waals surface area contributed by atoms with Gasteiger partial charge in [0.25, 0.3) is 5.91 Å². The van der Waals surface area contributed by atoms with E-state index in [2.05, 4.69) is 10.3 Å². The Balaban J connectivity index is 1.60. The zero-order valence-electron chi connectivity index (χ0n) is 15.8. The first-order valence-corrected chi connectivity index (χ1v) is 9.40. The minimum atomic E-state index is -4.51. The van der Waals surface area contributed by atoms with Gasteiger partial charge in [0.15, 0.2) is 0 Å². The van der Waals surface area contributed by atoms with Crippen molar-refractivity contribution in [2.24, 2.45) is 0 Å². The highest BCUT2D eigenvalue weighted by Crippen LogP contribution is 2.34. The highest BCUT2D eigenvalue weighted by molar-refractivity contribution is 5.94. The summed E-state index contributed by atoms with van der Waals surface area (Å²) in [6, 6.07) is 12.6. The Bertz CT molecular complexity index is 1140. The molecule has 1 atom stereocenters. The summed E-state index contributed by atoms with van der Waals surface area (Å²) < 4.78 is 40.9. The van der Waals surface area contributed by atoms with Gasteiger partial charge in [-0.15, -0.1) is 0 Å². The summed E-state index contributed by atoms with van der Waals surface area (Å²) >= 11 is 0. The highest BCUT2D eigenvalue weighted by Gasteiger charge is 2.33. The summed E-state index contributed by atoms with van der Waals surface area (Å²) in [6.07, 6.45) is -0.00867. The molecule has 1 aromatic carbocycles. The lowest BCUT2D eigenvalue weighted by Crippen LogP contribution is -2.32. The number of pyridine rings is 1. The second-order valence-electron chi connectivity index (χ2n) is 7.14. The van der Waals surface area contributed by atoms with Crippen molar-refractivity contribution in [3.8, 4) is 17.2 Å². The molecule has 1 unspecified atom stereocenters. The van der Waals surface area contributed by atoms with Gasteiger partial charge in [0.1, 0.15) is 5.69 Å². The molecule has 0 radical (unpaired) electrons. The van der Waals surface area contributed by atoms with Crippen molar-refractivity contribution in [3.05, 3.63) is 77.4 Å². The molecule has 3 aromatic rings. The number of aryl methyl sites for hydroxylation is 1. The molecule has 0 saturated carbocycles. The number of fused-ring (bicyclic) bond motifs is 1. The fraction of sp³-hybridized carbons (Fsp3) is 0.227. The number of carbonyl (C=O) groups excluding carboxylic acids is 1. The van der Waals surface area contributed by atoms with Gasteiger partial charge in [-0.3, -0.25) is 9.78 Å². The SMILES string of the molecule is N#Cc1cccc(C(=O)NC2CCCn3cc(-c4ccnc(C(F)(F)F)c4)cc32)c1. The van der Waals surface area contributed by atoms with E-state index in [0.29, 0.717) is 22.3 Å². The fourth-order valence-electron chi connectivity index (χ4n) is 3.67. The van der Waals surface area contributed by atoms with Gasteiger partial charge in [-0.1, -0.05) is 6.07 Å². The number of hydrogen-bond donors (Lipinski definition) is 1. The molecule has 3 heterocycles. The molecule has 2 aromatic heterocycles. The lowest BCUT2D eigenvalue weighted by atomic mass is 10.0. The molecule has 1 amide bonds. The third-order valence-corrected chi connectivity index (χ3v) is 5.12. The first-order valence-electron chi connectivity index (χ1n) is 9.40. The minimum absolute atomic E-state index is 0.269. The number of nitrogens with zero attached hydrogens (tertiary/aromatic N) is 3. The molecule has 30 heavy (non-hydrogen) atoms. The molecule has 152 valence electrons. The number of halogens is 3. The summed E-state index contributed by atoms with van der Waals surface area (Å²) in [5.74, 6) is -0.295. The first kappa shape index (κ1) is 19.7. The van der Waals surface area contributed by atoms with Crippen LogP contribution in [0.25, 0.3) is 11.1 Å². The molecule has 4 rings (SSSR count). The molecular weight excluding hydrogens is 393 g/mol. The lowest BCUT2D eigenvalue weighted by Gasteiger charge is -2.25. The molecule has 0 bridgehead atoms. The fourth-order valence-corrected chi connectivity index (χ4v) is 3.67. The Hall–Kier alpha value is -3.60. The van der Waals surface area contributed by atoms with E-state index in [1.807, 2.05) is 16.7 Å². The zero-order valence-corrected chi connectivity index (χ0v) is 15.8. The molecule has 1 aliphatic rings. The van der Waals surface area contributed by atoms with Gasteiger partial charge in [-0.2, -0.15) is 18.4 Å². The summed E-state index contributed by atoms with van der Waals surface area (Å²) in [5, 5.41) is 12.0. The maximum absolute atomic E-state index is 13.0. The zero-order chi connectivity index (χ0) is 21.3. The predicted molar refractivity (Wildman–Crippen MR) is 103 cm³/mol. The largest absolute Gasteiger partial charge is 0.433 e. The first-order chi connectivity index (χ1) is 14.3. The Kier molecular flexibility index (Phi) is 5.04. The van der Waals surface area contributed by atoms with Crippen LogP contribution >= 0.6 is 0 Å². The van der Waals surface area contributed by atoms with Gasteiger partial charge in [0.05, 0.1) is 17.7 Å². The maximum Gasteiger partial charge on any atom is 0.433 e. The minimum Gasteiger partial charge on any atom is -0.349 e. The average molecular weight is 410 g/mol. The standard InChI is InChI=1S/C22H17F3N4O/c23-22(24,25)20-11-15(6-7-27-20)17-10-19-18(5-2-8-29(19)13-17)28-21(30)16-4-1-3-14(9-16)12-26/h1,3-4,6-7,9-11,13,18H,2,5,8H2,(H,28,30). The molecular formula is C22H17F3N4O. The summed E-state index contributed by atoms with van der Waals surface area (Å²) in [7, 11) is 0. The number of carbonyl (C=O) groups is 1. The number of hydrogen-bond acceptors (Lipinski definition) is 3. The molecule has 0 saturated heterocycles. The third-order valence-electron chi connectivity index (χ3n) is 5.12. The van der Waals surface area contributed by atoms with Gasteiger partial charge in [0.2, 0.25) is 0 Å². The van der Waals surface area contributed by atoms with Gasteiger partial charge in [-0.25, -0.2) is 0 Å². The van der Waals surface area contributed by atoms with Crippen LogP contribution in [0.4, 0.5) is 13.2 Å². The van der Waals surface area contributed by atoms with Crippen molar-refractivity contribution in [2.45, 2.75) is 31.6 Å². The Labute approximate surface area is 170 Å². The van der Waals surface area contributed by atoms with E-state index >= 15 is 0 Å². The van der Waals surface area contributed by atoms with Gasteiger partial charge < -0.3 is 9.88 Å². The van der Waals surface area contributed by atoms with E-state index in [0.717, 1.165) is 37.3 Å². The lowest BCUT2D eigenvalue weighted by molar-refractivity contribution is -0.141. The van der Waals surface area contributed by atoms with Crippen LogP contribution in [-0.2, 0) is 12.7 Å². The van der Waals surface area contributed by atoms with Crippen LogP contribution < -0.4 is 5.32 Å². The Morgan fingerprint density at radius 1 is 1.20 bits per heavy atom. The van der Waals surface area contributed by atoms with Crippen molar-refractivity contribution < 1.29 is 18.0 Å². The van der Waals surface area contributed by atoms with Crippen molar-refractivity contribution in [3.63, 3.8) is 0 Å². The van der Waals surface area contributed by atoms with E-state index in [1.54, 1.807) is 24.4 Å². The van der Waals surface area contributed by atoms with Gasteiger partial charge >= 0.3 is 6.18 Å². The monoisotopic (exact) mass is 410 g/mol. The predicted octanol–water partition coefficient (Wildman–Crippen LogP) is 4.71. The highest BCUT2D eigenvalue weighted by atomic mass is 19.4. The Morgan fingerprint density at radius 3 is 2.80 bits per heavy atom. The molecule has 0 fully saturated rings. The van der Waals surface area contributed by atoms with Crippen LogP contribution in [0.5, 0.6) is 0 Å². The molecule has 0 spiro atoms. The number of nitrogens with one attached hydrogen (secondary N) is 1. The van der Waals surface area contributed by atoms with E-state index in [-0.39, 0.29) is 11.9 Å². The number of nitriles is 1. The van der Waals surface area contributed by atoms with Crippen LogP contribution in [0.1, 0.15) is 46.2 Å². The van der Waals surface area contributed by atoms with E-state index in [9.17, 15) is 18.0 Å². The number of aromatic nitrogens is 2. The summed E-state index contributed by atoms with van der Waals surface area (Å²) in [5.41, 5.74) is 1.76. The third kappa shape index (κ3) is 3.92. The van der Waals surface area contributed by atoms with E-state index in [1.165, 1.54) is 12.1 Å². The van der Waals surface area contributed by atoms with Crippen LogP contribution in [0.15, 0.2) is 54.9 Å². The second-order valence-corrected chi connectivity index (χ2v) is 7.14. The second kappa shape index (κ2) is 7.67. The number of alkyl halides is 3. The number of benzene rings is 1. The van der Waals surface area contributed by atoms with Crippen LogP contribution in [-0.4, -0.2) is 15.5 Å². The van der Waals surface area contributed by atoms with Crippen LogP contribution in [0.2, 0.25) is 0 Å². The number of rotatable bonds is 3. The normalized spacial score (nSPS) is 15.9. The number of amides is 1. The summed E-state index contributed by atoms with van der Waals surface area (Å²) in [4.78, 5) is 16.1. The maximum atomic E-state index is 13.0. The van der Waals surface area contributed by atoms with E-state index in [4.69, 9.17) is 5.26 Å². The molecule has 1 aliphatic heterocycles. The summed E-state index contributed by atoms with van der Waals surface area (Å²) in [6.45, 7) is 0.725. The van der Waals surface area contributed by atoms with E-state index < -0.39 is 11.9 Å². The van der Waals surface area contributed by atoms with Crippen molar-refractivity contribution in [2.75, 3.05) is 0 Å². The van der Waals surface area contributed by atoms with Crippen molar-refractivity contribution in [1.82, 2.24) is 14.9 Å². The van der Waals surface area contributed by atoms with Gasteiger partial charge in [0, 0.05) is 30.2 Å². The molecule has 8 heteroatoms. The molecule has 5 nitrogen and oxygen atoms in total. The Morgan fingerprint density at radius 2 is 2.03 bits per heavy atom. The topological polar surface area (TPSA) is 70.7 Å². The molecule has 0 aliphatic carbocycles. The van der Waals surface area contributed by atoms with Crippen molar-refractivity contribution in [1.29, 1.82) is 5.26 Å². The van der Waals surface area contributed by atoms with Gasteiger partial charge in [-0.05, 0) is 60.4 Å². The molecule has 1 N–H and O–H groups in total. The quantitative estimate of drug-likeness (QED) is 0.680.